The Labute approximate surface area is 109 Å². The summed E-state index contributed by atoms with van der Waals surface area (Å²) in [5, 5.41) is 3.31. The Morgan fingerprint density at radius 1 is 1.33 bits per heavy atom. The topological polar surface area (TPSA) is 32.3 Å². The lowest BCUT2D eigenvalue weighted by Crippen LogP contribution is -2.41. The summed E-state index contributed by atoms with van der Waals surface area (Å²) in [4.78, 5) is 14.1. The van der Waals surface area contributed by atoms with Gasteiger partial charge in [0.25, 0.3) is 0 Å². The first-order valence-corrected chi connectivity index (χ1v) is 6.69. The fourth-order valence-corrected chi connectivity index (χ4v) is 2.31. The fraction of sp³-hybridized carbons (Fsp3) is 0.533. The van der Waals surface area contributed by atoms with Crippen LogP contribution in [0.25, 0.3) is 0 Å². The van der Waals surface area contributed by atoms with Crippen LogP contribution in [0.15, 0.2) is 24.3 Å². The zero-order valence-electron chi connectivity index (χ0n) is 11.3. The van der Waals surface area contributed by atoms with Crippen LogP contribution in [0.1, 0.15) is 24.5 Å². The summed E-state index contributed by atoms with van der Waals surface area (Å²) in [6.07, 6.45) is 0.610. The van der Waals surface area contributed by atoms with Crippen molar-refractivity contribution in [3.63, 3.8) is 0 Å². The number of carbonyl (C=O) groups is 1. The molecule has 0 saturated carbocycles. The van der Waals surface area contributed by atoms with Crippen LogP contribution in [0.4, 0.5) is 0 Å². The van der Waals surface area contributed by atoms with Gasteiger partial charge < -0.3 is 10.2 Å². The lowest BCUT2D eigenvalue weighted by Gasteiger charge is -2.29. The van der Waals surface area contributed by atoms with E-state index >= 15 is 0 Å². The minimum Gasteiger partial charge on any atom is -0.338 e. The lowest BCUT2D eigenvalue weighted by molar-refractivity contribution is -0.132. The maximum atomic E-state index is 12.1. The standard InChI is InChI=1S/C15H22N2O/c1-12-3-5-14(6-4-12)11-17-10-13(2)9-16-8-7-15(17)18/h3-6,13,16H,7-11H2,1-2H3. The van der Waals surface area contributed by atoms with E-state index in [2.05, 4.69) is 43.4 Å². The normalized spacial score (nSPS) is 21.6. The number of benzene rings is 1. The monoisotopic (exact) mass is 246 g/mol. The number of aryl methyl sites for hydroxylation is 1. The highest BCUT2D eigenvalue weighted by atomic mass is 16.2. The van der Waals surface area contributed by atoms with Gasteiger partial charge in [-0.2, -0.15) is 0 Å². The van der Waals surface area contributed by atoms with Crippen molar-refractivity contribution in [2.24, 2.45) is 5.92 Å². The van der Waals surface area contributed by atoms with E-state index in [1.807, 2.05) is 4.90 Å². The van der Waals surface area contributed by atoms with E-state index in [0.29, 0.717) is 12.3 Å². The van der Waals surface area contributed by atoms with Gasteiger partial charge in [-0.15, -0.1) is 0 Å². The average molecular weight is 246 g/mol. The Balaban J connectivity index is 2.04. The first-order chi connectivity index (χ1) is 8.65. The quantitative estimate of drug-likeness (QED) is 0.865. The van der Waals surface area contributed by atoms with Gasteiger partial charge in [-0.3, -0.25) is 4.79 Å². The Bertz CT molecular complexity index is 399. The van der Waals surface area contributed by atoms with Crippen molar-refractivity contribution in [1.29, 1.82) is 0 Å². The van der Waals surface area contributed by atoms with Crippen molar-refractivity contribution >= 4 is 5.91 Å². The summed E-state index contributed by atoms with van der Waals surface area (Å²) in [5.41, 5.74) is 2.48. The van der Waals surface area contributed by atoms with E-state index in [4.69, 9.17) is 0 Å². The molecule has 1 aliphatic rings. The Morgan fingerprint density at radius 2 is 2.06 bits per heavy atom. The highest BCUT2D eigenvalue weighted by molar-refractivity contribution is 5.76. The third kappa shape index (κ3) is 3.57. The molecule has 1 fully saturated rings. The van der Waals surface area contributed by atoms with Crippen molar-refractivity contribution in [1.82, 2.24) is 10.2 Å². The number of hydrogen-bond donors (Lipinski definition) is 1. The highest BCUT2D eigenvalue weighted by Crippen LogP contribution is 2.11. The van der Waals surface area contributed by atoms with Crippen LogP contribution in [0.5, 0.6) is 0 Å². The van der Waals surface area contributed by atoms with Crippen molar-refractivity contribution < 1.29 is 4.79 Å². The summed E-state index contributed by atoms with van der Waals surface area (Å²) >= 11 is 0. The summed E-state index contributed by atoms with van der Waals surface area (Å²) in [6, 6.07) is 8.44. The molecule has 1 atom stereocenters. The molecule has 1 saturated heterocycles. The molecule has 0 radical (unpaired) electrons. The molecule has 1 amide bonds. The van der Waals surface area contributed by atoms with E-state index in [9.17, 15) is 4.79 Å². The Hall–Kier alpha value is -1.35. The average Bonchev–Trinajstić information content (AvgIpc) is 2.34. The maximum absolute atomic E-state index is 12.1. The maximum Gasteiger partial charge on any atom is 0.224 e. The number of amides is 1. The van der Waals surface area contributed by atoms with Crippen molar-refractivity contribution in [3.8, 4) is 0 Å². The molecular weight excluding hydrogens is 224 g/mol. The van der Waals surface area contributed by atoms with Gasteiger partial charge in [0.15, 0.2) is 0 Å². The van der Waals surface area contributed by atoms with Gasteiger partial charge in [-0.05, 0) is 24.9 Å². The molecule has 2 rings (SSSR count). The third-order valence-electron chi connectivity index (χ3n) is 3.39. The van der Waals surface area contributed by atoms with E-state index < -0.39 is 0 Å². The summed E-state index contributed by atoms with van der Waals surface area (Å²) in [5.74, 6) is 0.773. The van der Waals surface area contributed by atoms with Crippen molar-refractivity contribution in [2.45, 2.75) is 26.8 Å². The van der Waals surface area contributed by atoms with Gasteiger partial charge in [0.05, 0.1) is 0 Å². The molecule has 98 valence electrons. The predicted octanol–water partition coefficient (Wildman–Crippen LogP) is 1.95. The van der Waals surface area contributed by atoms with Crippen LogP contribution in [0.3, 0.4) is 0 Å². The molecule has 1 heterocycles. The summed E-state index contributed by atoms with van der Waals surface area (Å²) in [6.45, 7) is 7.65. The van der Waals surface area contributed by atoms with E-state index in [1.165, 1.54) is 11.1 Å². The van der Waals surface area contributed by atoms with Crippen LogP contribution < -0.4 is 5.32 Å². The van der Waals surface area contributed by atoms with Crippen LogP contribution in [-0.4, -0.2) is 30.4 Å². The molecule has 0 aliphatic carbocycles. The predicted molar refractivity (Wildman–Crippen MR) is 73.2 cm³/mol. The number of rotatable bonds is 2. The van der Waals surface area contributed by atoms with Crippen LogP contribution in [0, 0.1) is 12.8 Å². The van der Waals surface area contributed by atoms with Gasteiger partial charge >= 0.3 is 0 Å². The molecule has 1 unspecified atom stereocenters. The number of nitrogens with zero attached hydrogens (tertiary/aromatic N) is 1. The summed E-state index contributed by atoms with van der Waals surface area (Å²) < 4.78 is 0. The molecule has 1 aromatic carbocycles. The molecule has 3 heteroatoms. The molecule has 0 aromatic heterocycles. The smallest absolute Gasteiger partial charge is 0.224 e. The van der Waals surface area contributed by atoms with Crippen LogP contribution in [0.2, 0.25) is 0 Å². The zero-order valence-corrected chi connectivity index (χ0v) is 11.3. The molecule has 0 bridgehead atoms. The van der Waals surface area contributed by atoms with Crippen molar-refractivity contribution in [3.05, 3.63) is 35.4 Å². The fourth-order valence-electron chi connectivity index (χ4n) is 2.31. The van der Waals surface area contributed by atoms with E-state index in [0.717, 1.165) is 26.2 Å². The second-order valence-electron chi connectivity index (χ2n) is 5.32. The first kappa shape index (κ1) is 13.1. The first-order valence-electron chi connectivity index (χ1n) is 6.69. The number of carbonyl (C=O) groups excluding carboxylic acids is 1. The lowest BCUT2D eigenvalue weighted by atomic mass is 10.1. The zero-order chi connectivity index (χ0) is 13.0. The number of hydrogen-bond acceptors (Lipinski definition) is 2. The number of nitrogens with one attached hydrogen (secondary N) is 1. The Morgan fingerprint density at radius 3 is 2.78 bits per heavy atom. The van der Waals surface area contributed by atoms with E-state index in [1.54, 1.807) is 0 Å². The minimum atomic E-state index is 0.259. The van der Waals surface area contributed by atoms with Crippen molar-refractivity contribution in [2.75, 3.05) is 19.6 Å². The molecule has 1 aromatic rings. The molecule has 1 N–H and O–H groups in total. The molecular formula is C15H22N2O. The van der Waals surface area contributed by atoms with Gasteiger partial charge in [-0.25, -0.2) is 0 Å². The van der Waals surface area contributed by atoms with Crippen LogP contribution in [-0.2, 0) is 11.3 Å². The largest absolute Gasteiger partial charge is 0.338 e. The molecule has 0 spiro atoms. The third-order valence-corrected chi connectivity index (χ3v) is 3.39. The van der Waals surface area contributed by atoms with Gasteiger partial charge in [0.2, 0.25) is 5.91 Å². The van der Waals surface area contributed by atoms with Gasteiger partial charge in [0.1, 0.15) is 0 Å². The van der Waals surface area contributed by atoms with E-state index in [-0.39, 0.29) is 5.91 Å². The SMILES string of the molecule is Cc1ccc(CN2CC(C)CNCCC2=O)cc1. The Kier molecular flexibility index (Phi) is 4.37. The summed E-state index contributed by atoms with van der Waals surface area (Å²) in [7, 11) is 0. The molecule has 3 nitrogen and oxygen atoms in total. The van der Waals surface area contributed by atoms with Crippen LogP contribution >= 0.6 is 0 Å². The second-order valence-corrected chi connectivity index (χ2v) is 5.32. The van der Waals surface area contributed by atoms with Gasteiger partial charge in [0, 0.05) is 26.1 Å². The highest BCUT2D eigenvalue weighted by Gasteiger charge is 2.19. The minimum absolute atomic E-state index is 0.259. The molecule has 1 aliphatic heterocycles. The second kappa shape index (κ2) is 6.01. The van der Waals surface area contributed by atoms with Gasteiger partial charge in [-0.1, -0.05) is 36.8 Å². The molecule has 18 heavy (non-hydrogen) atoms.